The first-order valence-electron chi connectivity index (χ1n) is 6.27. The van der Waals surface area contributed by atoms with Crippen LogP contribution >= 0.6 is 0 Å². The van der Waals surface area contributed by atoms with E-state index < -0.39 is 5.60 Å². The second-order valence-electron chi connectivity index (χ2n) is 5.62. The molecule has 1 aliphatic carbocycles. The molecule has 1 rings (SSSR count). The molecule has 0 saturated carbocycles. The van der Waals surface area contributed by atoms with E-state index in [9.17, 15) is 4.79 Å². The molecule has 0 saturated heterocycles. The average molecular weight is 240 g/mol. The molecule has 0 bridgehead atoms. The number of allylic oxidation sites excluding steroid dienone is 1. The highest BCUT2D eigenvalue weighted by Gasteiger charge is 2.21. The number of nitrogens with two attached hydrogens (primary N) is 1. The van der Waals surface area contributed by atoms with Gasteiger partial charge in [0.15, 0.2) is 0 Å². The van der Waals surface area contributed by atoms with Gasteiger partial charge in [0.1, 0.15) is 5.60 Å². The molecule has 17 heavy (non-hydrogen) atoms. The third-order valence-electron chi connectivity index (χ3n) is 2.60. The van der Waals surface area contributed by atoms with Crippen molar-refractivity contribution in [3.8, 4) is 0 Å². The summed E-state index contributed by atoms with van der Waals surface area (Å²) < 4.78 is 5.24. The molecule has 1 aliphatic rings. The van der Waals surface area contributed by atoms with Gasteiger partial charge in [0.25, 0.3) is 0 Å². The molecule has 2 atom stereocenters. The maximum Gasteiger partial charge on any atom is 0.407 e. The Bertz CT molecular complexity index is 282. The SMILES string of the molecule is CC(C)(C)OC(=O)N[C@H]1CCC=CC[C@@H](N)C1. The minimum Gasteiger partial charge on any atom is -0.444 e. The summed E-state index contributed by atoms with van der Waals surface area (Å²) in [5, 5.41) is 2.90. The van der Waals surface area contributed by atoms with E-state index in [-0.39, 0.29) is 18.2 Å². The van der Waals surface area contributed by atoms with Crippen LogP contribution < -0.4 is 11.1 Å². The molecule has 0 radical (unpaired) electrons. The van der Waals surface area contributed by atoms with Crippen molar-refractivity contribution in [2.24, 2.45) is 5.73 Å². The summed E-state index contributed by atoms with van der Waals surface area (Å²) in [6.07, 6.45) is 7.49. The van der Waals surface area contributed by atoms with Crippen molar-refractivity contribution in [2.45, 2.75) is 64.1 Å². The van der Waals surface area contributed by atoms with Gasteiger partial charge < -0.3 is 15.8 Å². The zero-order valence-electron chi connectivity index (χ0n) is 11.0. The zero-order chi connectivity index (χ0) is 12.9. The molecule has 0 fully saturated rings. The Morgan fingerprint density at radius 1 is 1.41 bits per heavy atom. The van der Waals surface area contributed by atoms with Gasteiger partial charge >= 0.3 is 6.09 Å². The highest BCUT2D eigenvalue weighted by atomic mass is 16.6. The third-order valence-corrected chi connectivity index (χ3v) is 2.60. The van der Waals surface area contributed by atoms with Crippen LogP contribution in [-0.4, -0.2) is 23.8 Å². The van der Waals surface area contributed by atoms with Gasteiger partial charge in [-0.3, -0.25) is 0 Å². The summed E-state index contributed by atoms with van der Waals surface area (Å²) in [4.78, 5) is 11.6. The minimum atomic E-state index is -0.451. The Hall–Kier alpha value is -1.03. The lowest BCUT2D eigenvalue weighted by Gasteiger charge is -2.25. The van der Waals surface area contributed by atoms with Crippen molar-refractivity contribution in [1.29, 1.82) is 0 Å². The number of nitrogens with one attached hydrogen (secondary N) is 1. The molecule has 3 N–H and O–H groups in total. The predicted octanol–water partition coefficient (Wildman–Crippen LogP) is 2.34. The quantitative estimate of drug-likeness (QED) is 0.691. The van der Waals surface area contributed by atoms with E-state index in [0.29, 0.717) is 0 Å². The molecule has 0 spiro atoms. The number of rotatable bonds is 1. The molecule has 0 aromatic carbocycles. The highest BCUT2D eigenvalue weighted by Crippen LogP contribution is 2.13. The largest absolute Gasteiger partial charge is 0.444 e. The maximum absolute atomic E-state index is 11.6. The van der Waals surface area contributed by atoms with Crippen LogP contribution in [0, 0.1) is 0 Å². The minimum absolute atomic E-state index is 0.116. The molecule has 0 aromatic rings. The normalized spacial score (nSPS) is 25.9. The van der Waals surface area contributed by atoms with Gasteiger partial charge in [0, 0.05) is 12.1 Å². The molecular formula is C13H24N2O2. The predicted molar refractivity (Wildman–Crippen MR) is 68.7 cm³/mol. The standard InChI is InChI=1S/C13H24N2O2/c1-13(2,3)17-12(16)15-11-8-6-4-5-7-10(14)9-11/h4-5,10-11H,6-9,14H2,1-3H3,(H,15,16)/t10-,11+/m1/s1. The number of carbonyl (C=O) groups excluding carboxylic acids is 1. The van der Waals surface area contributed by atoms with E-state index in [1.165, 1.54) is 0 Å². The van der Waals surface area contributed by atoms with Crippen LogP contribution in [0.25, 0.3) is 0 Å². The second-order valence-corrected chi connectivity index (χ2v) is 5.62. The molecule has 0 aliphatic heterocycles. The number of alkyl carbamates (subject to hydrolysis) is 1. The number of ether oxygens (including phenoxy) is 1. The molecule has 1 amide bonds. The number of hydrogen-bond donors (Lipinski definition) is 2. The fourth-order valence-corrected chi connectivity index (χ4v) is 1.87. The number of carbonyl (C=O) groups is 1. The summed E-state index contributed by atoms with van der Waals surface area (Å²) >= 11 is 0. The zero-order valence-corrected chi connectivity index (χ0v) is 11.0. The monoisotopic (exact) mass is 240 g/mol. The van der Waals surface area contributed by atoms with Gasteiger partial charge in [0.05, 0.1) is 0 Å². The summed E-state index contributed by atoms with van der Waals surface area (Å²) in [7, 11) is 0. The van der Waals surface area contributed by atoms with E-state index in [4.69, 9.17) is 10.5 Å². The Kier molecular flexibility index (Phi) is 5.00. The van der Waals surface area contributed by atoms with Crippen molar-refractivity contribution < 1.29 is 9.53 Å². The molecule has 98 valence electrons. The van der Waals surface area contributed by atoms with Crippen molar-refractivity contribution in [3.63, 3.8) is 0 Å². The topological polar surface area (TPSA) is 64.3 Å². The van der Waals surface area contributed by atoms with Crippen LogP contribution in [-0.2, 0) is 4.74 Å². The lowest BCUT2D eigenvalue weighted by molar-refractivity contribution is 0.0497. The van der Waals surface area contributed by atoms with Crippen molar-refractivity contribution in [1.82, 2.24) is 5.32 Å². The third kappa shape index (κ3) is 6.31. The summed E-state index contributed by atoms with van der Waals surface area (Å²) in [5.74, 6) is 0. The molecule has 0 heterocycles. The first-order valence-corrected chi connectivity index (χ1v) is 6.27. The van der Waals surface area contributed by atoms with Gasteiger partial charge in [-0.05, 0) is 46.5 Å². The maximum atomic E-state index is 11.6. The van der Waals surface area contributed by atoms with Gasteiger partial charge in [0.2, 0.25) is 0 Å². The summed E-state index contributed by atoms with van der Waals surface area (Å²) in [6, 6.07) is 0.233. The van der Waals surface area contributed by atoms with E-state index in [0.717, 1.165) is 25.7 Å². The number of amides is 1. The van der Waals surface area contributed by atoms with E-state index >= 15 is 0 Å². The Balaban J connectivity index is 2.43. The molecule has 0 aromatic heterocycles. The van der Waals surface area contributed by atoms with Crippen LogP contribution in [0.3, 0.4) is 0 Å². The van der Waals surface area contributed by atoms with Crippen molar-refractivity contribution in [2.75, 3.05) is 0 Å². The van der Waals surface area contributed by atoms with Crippen LogP contribution in [0.2, 0.25) is 0 Å². The van der Waals surface area contributed by atoms with E-state index in [1.54, 1.807) is 0 Å². The second kappa shape index (κ2) is 6.05. The van der Waals surface area contributed by atoms with Crippen molar-refractivity contribution in [3.05, 3.63) is 12.2 Å². The first-order chi connectivity index (χ1) is 7.87. The molecule has 4 nitrogen and oxygen atoms in total. The van der Waals surface area contributed by atoms with E-state index in [1.807, 2.05) is 20.8 Å². The van der Waals surface area contributed by atoms with Crippen LogP contribution in [0.15, 0.2) is 12.2 Å². The highest BCUT2D eigenvalue weighted by molar-refractivity contribution is 5.68. The van der Waals surface area contributed by atoms with Gasteiger partial charge in [-0.2, -0.15) is 0 Å². The lowest BCUT2D eigenvalue weighted by Crippen LogP contribution is -2.42. The summed E-state index contributed by atoms with van der Waals surface area (Å²) in [5.41, 5.74) is 5.50. The van der Waals surface area contributed by atoms with Gasteiger partial charge in [-0.15, -0.1) is 0 Å². The van der Waals surface area contributed by atoms with Gasteiger partial charge in [-0.1, -0.05) is 12.2 Å². The number of hydrogen-bond acceptors (Lipinski definition) is 3. The van der Waals surface area contributed by atoms with Gasteiger partial charge in [-0.25, -0.2) is 4.79 Å². The first kappa shape index (κ1) is 14.0. The average Bonchev–Trinajstić information content (AvgIpc) is 2.10. The molecule has 0 unspecified atom stereocenters. The smallest absolute Gasteiger partial charge is 0.407 e. The summed E-state index contributed by atoms with van der Waals surface area (Å²) in [6.45, 7) is 5.58. The van der Waals surface area contributed by atoms with Crippen molar-refractivity contribution >= 4 is 6.09 Å². The van der Waals surface area contributed by atoms with Crippen LogP contribution in [0.4, 0.5) is 4.79 Å². The van der Waals surface area contributed by atoms with E-state index in [2.05, 4.69) is 17.5 Å². The van der Waals surface area contributed by atoms with Crippen LogP contribution in [0.1, 0.15) is 46.5 Å². The fraction of sp³-hybridized carbons (Fsp3) is 0.769. The molecule has 4 heteroatoms. The molecular weight excluding hydrogens is 216 g/mol. The fourth-order valence-electron chi connectivity index (χ4n) is 1.87. The Labute approximate surface area is 104 Å². The Morgan fingerprint density at radius 3 is 2.76 bits per heavy atom. The van der Waals surface area contributed by atoms with Crippen LogP contribution in [0.5, 0.6) is 0 Å². The Morgan fingerprint density at radius 2 is 2.12 bits per heavy atom. The lowest BCUT2D eigenvalue weighted by atomic mass is 9.98.